The molecule has 0 bridgehead atoms. The van der Waals surface area contributed by atoms with Gasteiger partial charge in [-0.15, -0.1) is 30.5 Å². The van der Waals surface area contributed by atoms with Crippen LogP contribution in [0.4, 0.5) is 0 Å². The molecule has 1 amide bonds. The third kappa shape index (κ3) is 3.66. The van der Waals surface area contributed by atoms with Crippen molar-refractivity contribution in [2.75, 3.05) is 26.8 Å². The first-order chi connectivity index (χ1) is 7.69. The minimum Gasteiger partial charge on any atom is -0.383 e. The van der Waals surface area contributed by atoms with Crippen molar-refractivity contribution < 1.29 is 9.53 Å². The van der Waals surface area contributed by atoms with E-state index in [1.807, 2.05) is 5.38 Å². The minimum absolute atomic E-state index is 0.00208. The zero-order chi connectivity index (χ0) is 12.0. The molecule has 16 heavy (non-hydrogen) atoms. The van der Waals surface area contributed by atoms with E-state index in [1.54, 1.807) is 24.2 Å². The van der Waals surface area contributed by atoms with E-state index in [-0.39, 0.29) is 5.91 Å². The minimum atomic E-state index is 0.00208. The van der Waals surface area contributed by atoms with Crippen molar-refractivity contribution in [1.82, 2.24) is 4.90 Å². The highest BCUT2D eigenvalue weighted by atomic mass is 32.1. The van der Waals surface area contributed by atoms with Crippen LogP contribution in [-0.2, 0) is 4.74 Å². The molecule has 1 rings (SSSR count). The van der Waals surface area contributed by atoms with Crippen LogP contribution in [0, 0.1) is 0 Å². The Labute approximate surface area is 105 Å². The summed E-state index contributed by atoms with van der Waals surface area (Å²) in [6.45, 7) is 5.27. The third-order valence-electron chi connectivity index (χ3n) is 2.00. The lowest BCUT2D eigenvalue weighted by Gasteiger charge is -2.19. The number of methoxy groups -OCH3 is 1. The predicted octanol–water partition coefficient (Wildman–Crippen LogP) is 2.31. The molecule has 0 N–H and O–H groups in total. The molecule has 3 nitrogen and oxygen atoms in total. The molecular weight excluding hydrogens is 242 g/mol. The summed E-state index contributed by atoms with van der Waals surface area (Å²) in [5, 5.41) is 1.85. The third-order valence-corrected chi connectivity index (χ3v) is 3.35. The molecule has 0 saturated heterocycles. The van der Waals surface area contributed by atoms with Crippen LogP contribution in [0.2, 0.25) is 0 Å². The molecule has 0 aromatic carbocycles. The van der Waals surface area contributed by atoms with Crippen LogP contribution in [0.15, 0.2) is 29.0 Å². The van der Waals surface area contributed by atoms with Crippen molar-refractivity contribution in [3.63, 3.8) is 0 Å². The number of rotatable bonds is 6. The Morgan fingerprint density at radius 2 is 2.50 bits per heavy atom. The average molecular weight is 257 g/mol. The number of amides is 1. The van der Waals surface area contributed by atoms with Crippen LogP contribution in [-0.4, -0.2) is 37.6 Å². The van der Waals surface area contributed by atoms with Crippen LogP contribution in [0.1, 0.15) is 9.67 Å². The highest BCUT2D eigenvalue weighted by Crippen LogP contribution is 2.19. The van der Waals surface area contributed by atoms with E-state index < -0.39 is 0 Å². The molecule has 0 saturated carbocycles. The Hall–Kier alpha value is -0.780. The summed E-state index contributed by atoms with van der Waals surface area (Å²) in [5.74, 6) is 0.00208. The quantitative estimate of drug-likeness (QED) is 0.626. The van der Waals surface area contributed by atoms with E-state index >= 15 is 0 Å². The average Bonchev–Trinajstić information content (AvgIpc) is 2.70. The Kier molecular flexibility index (Phi) is 5.59. The maximum atomic E-state index is 12.1. The molecule has 0 aliphatic carbocycles. The molecule has 0 aliphatic rings. The Morgan fingerprint density at radius 3 is 3.00 bits per heavy atom. The summed E-state index contributed by atoms with van der Waals surface area (Å²) in [5.41, 5.74) is 0. The molecule has 1 heterocycles. The van der Waals surface area contributed by atoms with Gasteiger partial charge >= 0.3 is 0 Å². The molecule has 0 atom stereocenters. The highest BCUT2D eigenvalue weighted by molar-refractivity contribution is 7.80. The molecule has 1 aromatic heterocycles. The van der Waals surface area contributed by atoms with Crippen molar-refractivity contribution in [2.45, 2.75) is 4.90 Å². The molecule has 0 spiro atoms. The first-order valence-corrected chi connectivity index (χ1v) is 6.18. The molecule has 0 radical (unpaired) electrons. The number of thiophene rings is 1. The number of hydrogen-bond donors (Lipinski definition) is 1. The predicted molar refractivity (Wildman–Crippen MR) is 69.5 cm³/mol. The molecule has 88 valence electrons. The van der Waals surface area contributed by atoms with Gasteiger partial charge in [0.05, 0.1) is 11.5 Å². The largest absolute Gasteiger partial charge is 0.383 e. The van der Waals surface area contributed by atoms with Crippen molar-refractivity contribution in [3.05, 3.63) is 29.0 Å². The van der Waals surface area contributed by atoms with E-state index in [0.717, 1.165) is 4.90 Å². The van der Waals surface area contributed by atoms with E-state index in [2.05, 4.69) is 19.2 Å². The summed E-state index contributed by atoms with van der Waals surface area (Å²) in [4.78, 5) is 15.3. The van der Waals surface area contributed by atoms with Crippen molar-refractivity contribution in [2.24, 2.45) is 0 Å². The second-order valence-electron chi connectivity index (χ2n) is 3.20. The fourth-order valence-corrected chi connectivity index (χ4v) is 2.34. The van der Waals surface area contributed by atoms with E-state index in [1.165, 1.54) is 11.3 Å². The zero-order valence-corrected chi connectivity index (χ0v) is 10.9. The molecular formula is C11H15NO2S2. The van der Waals surface area contributed by atoms with Gasteiger partial charge in [-0.1, -0.05) is 6.08 Å². The second kappa shape index (κ2) is 6.73. The van der Waals surface area contributed by atoms with Gasteiger partial charge in [-0.2, -0.15) is 0 Å². The summed E-state index contributed by atoms with van der Waals surface area (Å²) < 4.78 is 4.97. The lowest BCUT2D eigenvalue weighted by atomic mass is 10.3. The Balaban J connectivity index is 2.69. The second-order valence-corrected chi connectivity index (χ2v) is 4.63. The van der Waals surface area contributed by atoms with Crippen LogP contribution < -0.4 is 0 Å². The lowest BCUT2D eigenvalue weighted by molar-refractivity contribution is 0.0723. The Morgan fingerprint density at radius 1 is 1.75 bits per heavy atom. The van der Waals surface area contributed by atoms with E-state index in [0.29, 0.717) is 24.6 Å². The number of nitrogens with zero attached hydrogens (tertiary/aromatic N) is 1. The maximum absolute atomic E-state index is 12.1. The first kappa shape index (κ1) is 13.3. The lowest BCUT2D eigenvalue weighted by Crippen LogP contribution is -2.33. The first-order valence-electron chi connectivity index (χ1n) is 4.85. The van der Waals surface area contributed by atoms with Gasteiger partial charge in [0.1, 0.15) is 0 Å². The summed E-state index contributed by atoms with van der Waals surface area (Å²) in [7, 11) is 1.62. The number of ether oxygens (including phenoxy) is 1. The van der Waals surface area contributed by atoms with Crippen LogP contribution in [0.3, 0.4) is 0 Å². The van der Waals surface area contributed by atoms with Gasteiger partial charge in [0.2, 0.25) is 0 Å². The highest BCUT2D eigenvalue weighted by Gasteiger charge is 2.15. The van der Waals surface area contributed by atoms with Gasteiger partial charge < -0.3 is 9.64 Å². The molecule has 1 aromatic rings. The van der Waals surface area contributed by atoms with Gasteiger partial charge in [0.25, 0.3) is 5.91 Å². The van der Waals surface area contributed by atoms with Gasteiger partial charge in [-0.3, -0.25) is 4.79 Å². The van der Waals surface area contributed by atoms with Gasteiger partial charge in [-0.25, -0.2) is 0 Å². The van der Waals surface area contributed by atoms with Gasteiger partial charge in [-0.05, 0) is 6.07 Å². The summed E-state index contributed by atoms with van der Waals surface area (Å²) in [6, 6.07) is 1.78. The van der Waals surface area contributed by atoms with E-state index in [4.69, 9.17) is 4.74 Å². The standard InChI is InChI=1S/C11H15NO2S2/c1-3-4-12(5-6-14-2)11(13)10-7-9(15)8-16-10/h3,7-8,15H,1,4-6H2,2H3. The van der Waals surface area contributed by atoms with Crippen molar-refractivity contribution in [1.29, 1.82) is 0 Å². The van der Waals surface area contributed by atoms with Crippen LogP contribution in [0.25, 0.3) is 0 Å². The van der Waals surface area contributed by atoms with Crippen molar-refractivity contribution in [3.8, 4) is 0 Å². The van der Waals surface area contributed by atoms with E-state index in [9.17, 15) is 4.79 Å². The van der Waals surface area contributed by atoms with Crippen molar-refractivity contribution >= 4 is 29.9 Å². The fraction of sp³-hybridized carbons (Fsp3) is 0.364. The molecule has 0 fully saturated rings. The normalized spacial score (nSPS) is 10.1. The Bertz CT molecular complexity index is 363. The fourth-order valence-electron chi connectivity index (χ4n) is 1.23. The maximum Gasteiger partial charge on any atom is 0.264 e. The number of thiol groups is 1. The molecule has 0 aliphatic heterocycles. The molecule has 0 unspecified atom stereocenters. The van der Waals surface area contributed by atoms with Crippen LogP contribution in [0.5, 0.6) is 0 Å². The number of carbonyl (C=O) groups excluding carboxylic acids is 1. The monoisotopic (exact) mass is 257 g/mol. The zero-order valence-electron chi connectivity index (χ0n) is 9.18. The van der Waals surface area contributed by atoms with Gasteiger partial charge in [0.15, 0.2) is 0 Å². The number of carbonyl (C=O) groups is 1. The summed E-state index contributed by atoms with van der Waals surface area (Å²) in [6.07, 6.45) is 1.71. The smallest absolute Gasteiger partial charge is 0.264 e. The topological polar surface area (TPSA) is 29.5 Å². The SMILES string of the molecule is C=CCN(CCOC)C(=O)c1cc(S)cs1. The van der Waals surface area contributed by atoms with Crippen LogP contribution >= 0.6 is 24.0 Å². The molecule has 5 heteroatoms. The summed E-state index contributed by atoms with van der Waals surface area (Å²) >= 11 is 5.59. The number of hydrogen-bond acceptors (Lipinski definition) is 4. The van der Waals surface area contributed by atoms with Gasteiger partial charge in [0, 0.05) is 30.5 Å².